The topological polar surface area (TPSA) is 47.2 Å². The highest BCUT2D eigenvalue weighted by molar-refractivity contribution is 5.41. The summed E-state index contributed by atoms with van der Waals surface area (Å²) in [6.07, 6.45) is 2.85. The van der Waals surface area contributed by atoms with Crippen molar-refractivity contribution in [1.82, 2.24) is 4.68 Å². The van der Waals surface area contributed by atoms with Crippen LogP contribution in [0.3, 0.4) is 0 Å². The first-order valence-corrected chi connectivity index (χ1v) is 3.84. The van der Waals surface area contributed by atoms with Gasteiger partial charge in [0, 0.05) is 0 Å². The van der Waals surface area contributed by atoms with Crippen molar-refractivity contribution in [3.05, 3.63) is 53.3 Å². The fourth-order valence-corrected chi connectivity index (χ4v) is 1.00. The number of benzene rings is 1. The van der Waals surface area contributed by atoms with Gasteiger partial charge in [0.25, 0.3) is 0 Å². The molecule has 0 aliphatic heterocycles. The summed E-state index contributed by atoms with van der Waals surface area (Å²) in [4.78, 5) is 11.0. The Hall–Kier alpha value is -1.97. The van der Waals surface area contributed by atoms with Crippen LogP contribution in [0.25, 0.3) is 0 Å². The lowest BCUT2D eigenvalue weighted by molar-refractivity contribution is 0.498. The molecule has 0 bridgehead atoms. The van der Waals surface area contributed by atoms with Gasteiger partial charge < -0.3 is 4.42 Å². The van der Waals surface area contributed by atoms with Crippen molar-refractivity contribution in [3.63, 3.8) is 0 Å². The molecule has 1 aromatic heterocycles. The van der Waals surface area contributed by atoms with Gasteiger partial charge in [-0.1, -0.05) is 18.2 Å². The first kappa shape index (κ1) is 7.67. The van der Waals surface area contributed by atoms with Crippen LogP contribution in [0.4, 0.5) is 5.69 Å². The number of aromatic nitrogens is 1. The maximum Gasteiger partial charge on any atom is 0.437 e. The maximum absolute atomic E-state index is 11.0. The van der Waals surface area contributed by atoms with E-state index in [0.29, 0.717) is 0 Å². The van der Waals surface area contributed by atoms with E-state index in [1.165, 1.54) is 17.1 Å². The largest absolute Gasteiger partial charge is 0.437 e. The zero-order chi connectivity index (χ0) is 9.10. The molecule has 0 saturated carbocycles. The molecule has 0 radical (unpaired) electrons. The van der Waals surface area contributed by atoms with Crippen LogP contribution >= 0.6 is 0 Å². The minimum atomic E-state index is -0.427. The first-order valence-electron chi connectivity index (χ1n) is 3.84. The summed E-state index contributed by atoms with van der Waals surface area (Å²) in [5, 5.41) is 0. The van der Waals surface area contributed by atoms with Crippen LogP contribution in [0.5, 0.6) is 0 Å². The molecule has 0 spiro atoms. The average Bonchev–Trinajstić information content (AvgIpc) is 2.54. The molecule has 0 unspecified atom stereocenters. The van der Waals surface area contributed by atoms with Crippen molar-refractivity contribution in [2.24, 2.45) is 0 Å². The summed E-state index contributed by atoms with van der Waals surface area (Å²) >= 11 is 0. The average molecular weight is 176 g/mol. The van der Waals surface area contributed by atoms with Crippen LogP contribution < -0.4 is 11.2 Å². The predicted octanol–water partition coefficient (Wildman–Crippen LogP) is 1.32. The molecule has 4 heteroatoms. The molecule has 13 heavy (non-hydrogen) atoms. The number of nitrogens with zero attached hydrogens (tertiary/aromatic N) is 1. The summed E-state index contributed by atoms with van der Waals surface area (Å²) in [7, 11) is 0. The van der Waals surface area contributed by atoms with Gasteiger partial charge in [-0.2, -0.15) is 4.68 Å². The van der Waals surface area contributed by atoms with E-state index in [9.17, 15) is 4.79 Å². The standard InChI is InChI=1S/C9H8N2O2/c12-9-11(6-7-13-9)10-8-4-2-1-3-5-8/h1-7,10H. The van der Waals surface area contributed by atoms with E-state index in [4.69, 9.17) is 0 Å². The molecule has 0 aliphatic carbocycles. The Bertz CT molecular complexity index is 430. The van der Waals surface area contributed by atoms with Gasteiger partial charge in [0.05, 0.1) is 11.9 Å². The van der Waals surface area contributed by atoms with Crippen LogP contribution in [0.15, 0.2) is 52.0 Å². The Balaban J connectivity index is 2.25. The van der Waals surface area contributed by atoms with Crippen molar-refractivity contribution in [1.29, 1.82) is 0 Å². The van der Waals surface area contributed by atoms with E-state index >= 15 is 0 Å². The Morgan fingerprint density at radius 1 is 1.23 bits per heavy atom. The molecule has 0 atom stereocenters. The summed E-state index contributed by atoms with van der Waals surface area (Å²) in [6, 6.07) is 9.39. The maximum atomic E-state index is 11.0. The van der Waals surface area contributed by atoms with Gasteiger partial charge in [-0.05, 0) is 12.1 Å². The van der Waals surface area contributed by atoms with Crippen molar-refractivity contribution in [3.8, 4) is 0 Å². The van der Waals surface area contributed by atoms with Crippen molar-refractivity contribution in [2.75, 3.05) is 5.43 Å². The summed E-state index contributed by atoms with van der Waals surface area (Å²) < 4.78 is 5.85. The van der Waals surface area contributed by atoms with Gasteiger partial charge in [0.2, 0.25) is 0 Å². The second kappa shape index (κ2) is 3.18. The Morgan fingerprint density at radius 2 is 2.00 bits per heavy atom. The third kappa shape index (κ3) is 1.61. The number of nitrogens with one attached hydrogen (secondary N) is 1. The monoisotopic (exact) mass is 176 g/mol. The molecule has 66 valence electrons. The number of rotatable bonds is 2. The first-order chi connectivity index (χ1) is 6.36. The Morgan fingerprint density at radius 3 is 2.62 bits per heavy atom. The van der Waals surface area contributed by atoms with Crippen molar-refractivity contribution in [2.45, 2.75) is 0 Å². The second-order valence-corrected chi connectivity index (χ2v) is 2.52. The molecule has 0 fully saturated rings. The number of hydrogen-bond acceptors (Lipinski definition) is 3. The highest BCUT2D eigenvalue weighted by Gasteiger charge is 1.96. The molecular weight excluding hydrogens is 168 g/mol. The highest BCUT2D eigenvalue weighted by atomic mass is 16.4. The lowest BCUT2D eigenvalue weighted by atomic mass is 10.3. The summed E-state index contributed by atoms with van der Waals surface area (Å²) in [6.45, 7) is 0. The van der Waals surface area contributed by atoms with E-state index in [2.05, 4.69) is 9.84 Å². The van der Waals surface area contributed by atoms with Gasteiger partial charge in [0.1, 0.15) is 6.26 Å². The number of hydrogen-bond donors (Lipinski definition) is 1. The van der Waals surface area contributed by atoms with Gasteiger partial charge in [-0.3, -0.25) is 5.43 Å². The Labute approximate surface area is 74.4 Å². The molecular formula is C9H8N2O2. The lowest BCUT2D eigenvalue weighted by Gasteiger charge is -2.03. The van der Waals surface area contributed by atoms with Crippen molar-refractivity contribution >= 4 is 5.69 Å². The molecule has 4 nitrogen and oxygen atoms in total. The van der Waals surface area contributed by atoms with Crippen molar-refractivity contribution < 1.29 is 4.42 Å². The molecule has 2 rings (SSSR count). The van der Waals surface area contributed by atoms with Crippen LogP contribution in [0, 0.1) is 0 Å². The van der Waals surface area contributed by atoms with Gasteiger partial charge in [0.15, 0.2) is 0 Å². The van der Waals surface area contributed by atoms with Gasteiger partial charge in [-0.25, -0.2) is 4.79 Å². The SMILES string of the molecule is O=c1occn1Nc1ccccc1. The predicted molar refractivity (Wildman–Crippen MR) is 48.4 cm³/mol. The van der Waals surface area contributed by atoms with Crippen LogP contribution in [0.2, 0.25) is 0 Å². The third-order valence-electron chi connectivity index (χ3n) is 1.60. The fourth-order valence-electron chi connectivity index (χ4n) is 1.00. The number of anilines is 1. The molecule has 1 aromatic carbocycles. The number of para-hydroxylation sites is 1. The second-order valence-electron chi connectivity index (χ2n) is 2.52. The van der Waals surface area contributed by atoms with E-state index in [-0.39, 0.29) is 0 Å². The molecule has 1 heterocycles. The van der Waals surface area contributed by atoms with Gasteiger partial charge in [-0.15, -0.1) is 0 Å². The third-order valence-corrected chi connectivity index (χ3v) is 1.60. The van der Waals surface area contributed by atoms with Gasteiger partial charge >= 0.3 is 5.76 Å². The van der Waals surface area contributed by atoms with E-state index in [1.54, 1.807) is 0 Å². The fraction of sp³-hybridized carbons (Fsp3) is 0. The molecule has 1 N–H and O–H groups in total. The Kier molecular flexibility index (Phi) is 1.88. The zero-order valence-corrected chi connectivity index (χ0v) is 6.81. The van der Waals surface area contributed by atoms with E-state index in [1.807, 2.05) is 30.3 Å². The molecule has 0 aliphatic rings. The highest BCUT2D eigenvalue weighted by Crippen LogP contribution is 2.03. The smallest absolute Gasteiger partial charge is 0.415 e. The molecule has 0 amide bonds. The summed E-state index contributed by atoms with van der Waals surface area (Å²) in [5.74, 6) is -0.427. The zero-order valence-electron chi connectivity index (χ0n) is 6.81. The normalized spacial score (nSPS) is 9.85. The lowest BCUT2D eigenvalue weighted by Crippen LogP contribution is -2.20. The van der Waals surface area contributed by atoms with E-state index in [0.717, 1.165) is 5.69 Å². The van der Waals surface area contributed by atoms with Crippen LogP contribution in [-0.2, 0) is 0 Å². The minimum Gasteiger partial charge on any atom is -0.415 e. The molecule has 0 saturated heterocycles. The quantitative estimate of drug-likeness (QED) is 0.750. The molecule has 2 aromatic rings. The summed E-state index contributed by atoms with van der Waals surface area (Å²) in [5.41, 5.74) is 3.70. The van der Waals surface area contributed by atoms with Crippen LogP contribution in [-0.4, -0.2) is 4.68 Å². The van der Waals surface area contributed by atoms with E-state index < -0.39 is 5.76 Å². The number of oxazole rings is 1. The minimum absolute atomic E-state index is 0.427. The van der Waals surface area contributed by atoms with Crippen LogP contribution in [0.1, 0.15) is 0 Å².